The highest BCUT2D eigenvalue weighted by Gasteiger charge is 2.17. The number of rotatable bonds is 36. The fourth-order valence-corrected chi connectivity index (χ4v) is 7.51. The molecule has 0 spiro atoms. The van der Waals surface area contributed by atoms with Crippen molar-refractivity contribution < 1.29 is 0 Å². The Labute approximate surface area is 281 Å². The van der Waals surface area contributed by atoms with E-state index in [1.54, 1.807) is 0 Å². The quantitative estimate of drug-likeness (QED) is 0.0499. The molecule has 0 bridgehead atoms. The van der Waals surface area contributed by atoms with E-state index < -0.39 is 0 Å². The largest absolute Gasteiger partial charge is 0.306 e. The minimum absolute atomic E-state index is 0.896. The van der Waals surface area contributed by atoms with Gasteiger partial charge in [0.05, 0.1) is 0 Å². The lowest BCUT2D eigenvalue weighted by atomic mass is 9.82. The predicted molar refractivity (Wildman–Crippen MR) is 204 cm³/mol. The highest BCUT2D eigenvalue weighted by molar-refractivity contribution is 4.93. The van der Waals surface area contributed by atoms with Crippen LogP contribution in [0.3, 0.4) is 0 Å². The van der Waals surface area contributed by atoms with Gasteiger partial charge in [0, 0.05) is 0 Å². The maximum atomic E-state index is 4.38. The number of hydrogen-bond donors (Lipinski definition) is 0. The summed E-state index contributed by atoms with van der Waals surface area (Å²) < 4.78 is 0. The Morgan fingerprint density at radius 1 is 0.477 bits per heavy atom. The molecule has 264 valence electrons. The first kappa shape index (κ1) is 43.7. The van der Waals surface area contributed by atoms with Crippen LogP contribution in [0.15, 0.2) is 12.2 Å². The molecule has 0 N–H and O–H groups in total. The normalized spacial score (nSPS) is 13.9. The average Bonchev–Trinajstić information content (AvgIpc) is 3.01. The topological polar surface area (TPSA) is 3.24 Å². The van der Waals surface area contributed by atoms with Crippen molar-refractivity contribution in [3.63, 3.8) is 0 Å². The van der Waals surface area contributed by atoms with Crippen LogP contribution >= 0.6 is 0 Å². The maximum Gasteiger partial charge on any atom is -0.00191 e. The molecule has 0 aliphatic heterocycles. The second kappa shape index (κ2) is 34.0. The maximum absolute atomic E-state index is 4.38. The molecule has 0 heterocycles. The molecule has 0 aromatic carbocycles. The van der Waals surface area contributed by atoms with Crippen molar-refractivity contribution in [2.24, 2.45) is 17.8 Å². The minimum atomic E-state index is 0.896. The molecule has 0 rings (SSSR count). The molecule has 0 aliphatic carbocycles. The Morgan fingerprint density at radius 2 is 0.932 bits per heavy atom. The van der Waals surface area contributed by atoms with E-state index in [9.17, 15) is 0 Å². The van der Waals surface area contributed by atoms with E-state index in [0.717, 1.165) is 17.8 Å². The zero-order chi connectivity index (χ0) is 32.5. The second-order valence-corrected chi connectivity index (χ2v) is 15.4. The van der Waals surface area contributed by atoms with Crippen molar-refractivity contribution in [2.45, 2.75) is 227 Å². The van der Waals surface area contributed by atoms with E-state index in [1.165, 1.54) is 211 Å². The number of hydrogen-bond acceptors (Lipinski definition) is 1. The summed E-state index contributed by atoms with van der Waals surface area (Å²) >= 11 is 0. The molecule has 0 fully saturated rings. The van der Waals surface area contributed by atoms with Crippen LogP contribution in [0.4, 0.5) is 0 Å². The van der Waals surface area contributed by atoms with E-state index in [2.05, 4.69) is 53.1 Å². The van der Waals surface area contributed by atoms with Gasteiger partial charge < -0.3 is 4.90 Å². The summed E-state index contributed by atoms with van der Waals surface area (Å²) in [5.74, 6) is 2.78. The Kier molecular flexibility index (Phi) is 33.8. The summed E-state index contributed by atoms with van der Waals surface area (Å²) in [6.07, 6.45) is 42.4. The Bertz CT molecular complexity index is 567. The monoisotopic (exact) mass is 618 g/mol. The van der Waals surface area contributed by atoms with Crippen molar-refractivity contribution in [1.82, 2.24) is 4.90 Å². The molecule has 0 aromatic rings. The zero-order valence-electron chi connectivity index (χ0n) is 32.0. The number of nitrogens with zero attached hydrogens (tertiary/aromatic N) is 1. The standard InChI is InChI=1S/C43H87N/c1-8-12-14-16-18-20-23-27-32-40(5)33-28-24-22-26-30-36-44(7)37-35-43(34-29-25-21-19-17-15-13-9-2)39-41(6)38-42(11-4)31-10-3/h41-43H,5,8-39H2,1-4,6-7H3. The third-order valence-corrected chi connectivity index (χ3v) is 10.6. The van der Waals surface area contributed by atoms with E-state index in [1.807, 2.05) is 0 Å². The molecule has 0 saturated carbocycles. The fraction of sp³-hybridized carbons (Fsp3) is 0.953. The first-order chi connectivity index (χ1) is 21.5. The lowest BCUT2D eigenvalue weighted by molar-refractivity contribution is 0.245. The first-order valence-electron chi connectivity index (χ1n) is 20.8. The average molecular weight is 618 g/mol. The Hall–Kier alpha value is -0.300. The summed E-state index contributed by atoms with van der Waals surface area (Å²) in [5.41, 5.74) is 1.52. The van der Waals surface area contributed by atoms with E-state index >= 15 is 0 Å². The van der Waals surface area contributed by atoms with Gasteiger partial charge in [-0.3, -0.25) is 0 Å². The SMILES string of the molecule is C=C(CCCCCCCCCC)CCCCCCCN(C)CCC(CCCCCCCCCC)CC(C)CC(CC)CCC. The van der Waals surface area contributed by atoms with Crippen LogP contribution in [0.1, 0.15) is 227 Å². The van der Waals surface area contributed by atoms with Crippen LogP contribution in [-0.4, -0.2) is 25.0 Å². The van der Waals surface area contributed by atoms with E-state index in [4.69, 9.17) is 0 Å². The van der Waals surface area contributed by atoms with Crippen LogP contribution in [0.25, 0.3) is 0 Å². The van der Waals surface area contributed by atoms with Gasteiger partial charge >= 0.3 is 0 Å². The lowest BCUT2D eigenvalue weighted by Gasteiger charge is -2.26. The molecule has 0 radical (unpaired) electrons. The molecule has 0 amide bonds. The van der Waals surface area contributed by atoms with Crippen molar-refractivity contribution >= 4 is 0 Å². The third-order valence-electron chi connectivity index (χ3n) is 10.6. The summed E-state index contributed by atoms with van der Waals surface area (Å²) in [6.45, 7) is 18.9. The molecule has 1 nitrogen and oxygen atoms in total. The van der Waals surface area contributed by atoms with Crippen LogP contribution < -0.4 is 0 Å². The summed E-state index contributed by atoms with van der Waals surface area (Å²) in [7, 11) is 2.39. The Morgan fingerprint density at radius 3 is 1.43 bits per heavy atom. The predicted octanol–water partition coefficient (Wildman–Crippen LogP) is 15.1. The third kappa shape index (κ3) is 30.4. The second-order valence-electron chi connectivity index (χ2n) is 15.4. The van der Waals surface area contributed by atoms with Crippen LogP contribution in [0, 0.1) is 17.8 Å². The lowest BCUT2D eigenvalue weighted by Crippen LogP contribution is -2.24. The van der Waals surface area contributed by atoms with E-state index in [0.29, 0.717) is 0 Å². The van der Waals surface area contributed by atoms with Crippen LogP contribution in [-0.2, 0) is 0 Å². The van der Waals surface area contributed by atoms with Crippen molar-refractivity contribution in [1.29, 1.82) is 0 Å². The summed E-state index contributed by atoms with van der Waals surface area (Å²) in [4.78, 5) is 2.66. The minimum Gasteiger partial charge on any atom is -0.306 e. The van der Waals surface area contributed by atoms with Crippen LogP contribution in [0.5, 0.6) is 0 Å². The van der Waals surface area contributed by atoms with Gasteiger partial charge in [0.25, 0.3) is 0 Å². The Balaban J connectivity index is 4.10. The molecule has 1 heteroatoms. The first-order valence-corrected chi connectivity index (χ1v) is 20.8. The van der Waals surface area contributed by atoms with Gasteiger partial charge in [-0.1, -0.05) is 188 Å². The summed E-state index contributed by atoms with van der Waals surface area (Å²) in [6, 6.07) is 0. The zero-order valence-corrected chi connectivity index (χ0v) is 32.0. The van der Waals surface area contributed by atoms with Crippen LogP contribution in [0.2, 0.25) is 0 Å². The molecular weight excluding hydrogens is 530 g/mol. The molecular formula is C43H87N. The van der Waals surface area contributed by atoms with Gasteiger partial charge in [-0.05, 0) is 89.3 Å². The van der Waals surface area contributed by atoms with Gasteiger partial charge in [0.15, 0.2) is 0 Å². The van der Waals surface area contributed by atoms with Crippen molar-refractivity contribution in [3.05, 3.63) is 12.2 Å². The number of allylic oxidation sites excluding steroid dienone is 1. The summed E-state index contributed by atoms with van der Waals surface area (Å²) in [5, 5.41) is 0. The number of unbranched alkanes of at least 4 members (excludes halogenated alkanes) is 18. The molecule has 3 unspecified atom stereocenters. The smallest absolute Gasteiger partial charge is 0.00191 e. The highest BCUT2D eigenvalue weighted by Crippen LogP contribution is 2.29. The van der Waals surface area contributed by atoms with Gasteiger partial charge in [-0.2, -0.15) is 0 Å². The van der Waals surface area contributed by atoms with E-state index in [-0.39, 0.29) is 0 Å². The molecule has 44 heavy (non-hydrogen) atoms. The van der Waals surface area contributed by atoms with Gasteiger partial charge in [0.1, 0.15) is 0 Å². The van der Waals surface area contributed by atoms with Gasteiger partial charge in [-0.15, -0.1) is 0 Å². The molecule has 0 aliphatic rings. The van der Waals surface area contributed by atoms with Crippen molar-refractivity contribution in [2.75, 3.05) is 20.1 Å². The van der Waals surface area contributed by atoms with Gasteiger partial charge in [-0.25, -0.2) is 0 Å². The molecule has 0 saturated heterocycles. The van der Waals surface area contributed by atoms with Gasteiger partial charge in [0.2, 0.25) is 0 Å². The molecule has 3 atom stereocenters. The molecule has 0 aromatic heterocycles. The fourth-order valence-electron chi connectivity index (χ4n) is 7.51. The highest BCUT2D eigenvalue weighted by atomic mass is 15.1. The van der Waals surface area contributed by atoms with Crippen molar-refractivity contribution in [3.8, 4) is 0 Å².